The maximum atomic E-state index is 9.71. The molecule has 17 heavy (non-hydrogen) atoms. The Morgan fingerprint density at radius 1 is 0.941 bits per heavy atom. The molecule has 0 aliphatic rings. The number of rotatable bonds is 4. The van der Waals surface area contributed by atoms with Crippen molar-refractivity contribution in [3.8, 4) is 5.75 Å². The molecule has 0 atom stereocenters. The van der Waals surface area contributed by atoms with Crippen molar-refractivity contribution in [2.24, 2.45) is 0 Å². The highest BCUT2D eigenvalue weighted by Gasteiger charge is 2.16. The molecule has 2 aromatic carbocycles. The van der Waals surface area contributed by atoms with Crippen LogP contribution >= 0.6 is 0 Å². The Balaban J connectivity index is 1.97. The molecule has 0 bridgehead atoms. The summed E-state index contributed by atoms with van der Waals surface area (Å²) in [6, 6.07) is 15.6. The molecule has 0 radical (unpaired) electrons. The fraction of sp³-hybridized carbons (Fsp3) is 0. The van der Waals surface area contributed by atoms with Crippen LogP contribution in [0.1, 0.15) is 0 Å². The molecule has 0 spiro atoms. The Kier molecular flexibility index (Phi) is 3.64. The highest BCUT2D eigenvalue weighted by atomic mass is 16.7. The van der Waals surface area contributed by atoms with E-state index in [4.69, 9.17) is 4.76 Å². The lowest BCUT2D eigenvalue weighted by atomic mass is 9.80. The van der Waals surface area contributed by atoms with Gasteiger partial charge in [-0.2, -0.15) is 0 Å². The predicted octanol–water partition coefficient (Wildman–Crippen LogP) is 1.12. The van der Waals surface area contributed by atoms with Gasteiger partial charge in [0.15, 0.2) is 0 Å². The van der Waals surface area contributed by atoms with Gasteiger partial charge in [-0.3, -0.25) is 10.2 Å². The van der Waals surface area contributed by atoms with Gasteiger partial charge < -0.3 is 10.1 Å². The van der Waals surface area contributed by atoms with Crippen LogP contribution < -0.4 is 10.9 Å². The molecule has 0 unspecified atom stereocenters. The van der Waals surface area contributed by atoms with E-state index in [9.17, 15) is 10.1 Å². The zero-order chi connectivity index (χ0) is 12.1. The lowest BCUT2D eigenvalue weighted by Gasteiger charge is -2.11. The Morgan fingerprint density at radius 2 is 1.59 bits per heavy atom. The normalized spacial score (nSPS) is 9.94. The number of benzene rings is 2. The molecule has 0 heterocycles. The first-order valence-electron chi connectivity index (χ1n) is 5.20. The Bertz CT molecular complexity index is 478. The van der Waals surface area contributed by atoms with Gasteiger partial charge in [0.1, 0.15) is 11.4 Å². The average molecular weight is 229 g/mol. The number of aromatic hydroxyl groups is 1. The summed E-state index contributed by atoms with van der Waals surface area (Å²) in [6.07, 6.45) is 0. The van der Waals surface area contributed by atoms with Gasteiger partial charge in [0.25, 0.3) is 0 Å². The summed E-state index contributed by atoms with van der Waals surface area (Å²) >= 11 is 0. The Morgan fingerprint density at radius 3 is 2.29 bits per heavy atom. The summed E-state index contributed by atoms with van der Waals surface area (Å²) in [6.45, 7) is 0. The maximum absolute atomic E-state index is 9.71. The van der Waals surface area contributed by atoms with Crippen LogP contribution in [-0.2, 0) is 4.76 Å². The first-order valence-corrected chi connectivity index (χ1v) is 5.20. The lowest BCUT2D eigenvalue weighted by Crippen LogP contribution is -2.35. The van der Waals surface area contributed by atoms with Gasteiger partial charge in [-0.05, 0) is 17.6 Å². The summed E-state index contributed by atoms with van der Waals surface area (Å²) in [7, 11) is -1.09. The fourth-order valence-electron chi connectivity index (χ4n) is 1.36. The zero-order valence-corrected chi connectivity index (χ0v) is 9.08. The third kappa shape index (κ3) is 2.99. The second-order valence-corrected chi connectivity index (χ2v) is 3.50. The number of nitrogens with one attached hydrogen (secondary N) is 1. The van der Waals surface area contributed by atoms with E-state index in [2.05, 4.69) is 5.48 Å². The minimum absolute atomic E-state index is 0.0627. The molecular weight excluding hydrogens is 217 g/mol. The van der Waals surface area contributed by atoms with Crippen molar-refractivity contribution in [3.63, 3.8) is 0 Å². The van der Waals surface area contributed by atoms with E-state index in [0.29, 0.717) is 11.2 Å². The molecule has 4 nitrogen and oxygen atoms in total. The zero-order valence-electron chi connectivity index (χ0n) is 9.08. The Hall–Kier alpha value is -1.98. The summed E-state index contributed by atoms with van der Waals surface area (Å²) < 4.78 is 5.04. The molecule has 0 fully saturated rings. The van der Waals surface area contributed by atoms with Crippen LogP contribution in [0.15, 0.2) is 54.6 Å². The van der Waals surface area contributed by atoms with Crippen molar-refractivity contribution in [2.75, 3.05) is 5.48 Å². The highest BCUT2D eigenvalue weighted by Crippen LogP contribution is 2.21. The average Bonchev–Trinajstić information content (AvgIpc) is 2.38. The minimum Gasteiger partial charge on any atom is -0.506 e. The van der Waals surface area contributed by atoms with Crippen molar-refractivity contribution in [3.05, 3.63) is 54.6 Å². The van der Waals surface area contributed by atoms with Crippen LogP contribution in [0.3, 0.4) is 0 Å². The lowest BCUT2D eigenvalue weighted by molar-refractivity contribution is 0.332. The third-order valence-electron chi connectivity index (χ3n) is 2.27. The van der Waals surface area contributed by atoms with E-state index in [1.54, 1.807) is 30.3 Å². The number of hydrogen-bond acceptors (Lipinski definition) is 4. The quantitative estimate of drug-likeness (QED) is 0.417. The topological polar surface area (TPSA) is 61.7 Å². The van der Waals surface area contributed by atoms with E-state index in [1.807, 2.05) is 18.2 Å². The second kappa shape index (κ2) is 5.38. The number of anilines is 1. The van der Waals surface area contributed by atoms with Crippen LogP contribution in [0.2, 0.25) is 0 Å². The van der Waals surface area contributed by atoms with Crippen molar-refractivity contribution < 1.29 is 14.9 Å². The standard InChI is InChI=1S/C12H12BNO3/c15-12-9-5-4-8-11(12)14-17-13(16)10-6-2-1-3-7-10/h1-9,14-16H. The number of hydrogen-bond donors (Lipinski definition) is 3. The summed E-state index contributed by atoms with van der Waals surface area (Å²) in [5, 5.41) is 19.2. The minimum atomic E-state index is -1.09. The van der Waals surface area contributed by atoms with Crippen LogP contribution in [0.5, 0.6) is 5.75 Å². The van der Waals surface area contributed by atoms with Crippen molar-refractivity contribution in [2.45, 2.75) is 0 Å². The largest absolute Gasteiger partial charge is 0.514 e. The molecule has 5 heteroatoms. The van der Waals surface area contributed by atoms with Crippen LogP contribution in [0, 0.1) is 0 Å². The van der Waals surface area contributed by atoms with E-state index in [-0.39, 0.29) is 5.75 Å². The molecule has 2 rings (SSSR count). The number of phenols is 1. The Labute approximate surface area is 99.6 Å². The molecule has 3 N–H and O–H groups in total. The molecule has 2 aromatic rings. The molecule has 0 aliphatic carbocycles. The van der Waals surface area contributed by atoms with Gasteiger partial charge in [-0.1, -0.05) is 42.5 Å². The maximum Gasteiger partial charge on any atom is 0.514 e. The van der Waals surface area contributed by atoms with Gasteiger partial charge in [0, 0.05) is 0 Å². The first kappa shape index (κ1) is 11.5. The van der Waals surface area contributed by atoms with Crippen LogP contribution in [0.25, 0.3) is 0 Å². The summed E-state index contributed by atoms with van der Waals surface area (Å²) in [4.78, 5) is 0. The molecular formula is C12H12BNO3. The van der Waals surface area contributed by atoms with Crippen molar-refractivity contribution >= 4 is 18.3 Å². The van der Waals surface area contributed by atoms with E-state index >= 15 is 0 Å². The van der Waals surface area contributed by atoms with Crippen molar-refractivity contribution in [1.29, 1.82) is 0 Å². The second-order valence-electron chi connectivity index (χ2n) is 3.50. The predicted molar refractivity (Wildman–Crippen MR) is 66.9 cm³/mol. The van der Waals surface area contributed by atoms with Gasteiger partial charge in [0.2, 0.25) is 0 Å². The van der Waals surface area contributed by atoms with E-state index < -0.39 is 7.12 Å². The van der Waals surface area contributed by atoms with Gasteiger partial charge in [0.05, 0.1) is 0 Å². The molecule has 0 aliphatic heterocycles. The van der Waals surface area contributed by atoms with E-state index in [1.165, 1.54) is 6.07 Å². The summed E-state index contributed by atoms with van der Waals surface area (Å²) in [5.74, 6) is 0.0627. The molecule has 0 amide bonds. The SMILES string of the molecule is OB(ONc1ccccc1O)c1ccccc1. The summed E-state index contributed by atoms with van der Waals surface area (Å²) in [5.41, 5.74) is 3.55. The first-order chi connectivity index (χ1) is 8.27. The van der Waals surface area contributed by atoms with Gasteiger partial charge >= 0.3 is 7.12 Å². The molecule has 0 saturated carbocycles. The number of phenolic OH excluding ortho intramolecular Hbond substituents is 1. The smallest absolute Gasteiger partial charge is 0.506 e. The highest BCUT2D eigenvalue weighted by molar-refractivity contribution is 6.60. The fourth-order valence-corrected chi connectivity index (χ4v) is 1.36. The van der Waals surface area contributed by atoms with Crippen LogP contribution in [0.4, 0.5) is 5.69 Å². The van der Waals surface area contributed by atoms with Crippen LogP contribution in [-0.4, -0.2) is 17.2 Å². The molecule has 86 valence electrons. The third-order valence-corrected chi connectivity index (χ3v) is 2.27. The molecule has 0 saturated heterocycles. The molecule has 0 aromatic heterocycles. The monoisotopic (exact) mass is 229 g/mol. The van der Waals surface area contributed by atoms with Gasteiger partial charge in [-0.15, -0.1) is 0 Å². The van der Waals surface area contributed by atoms with Gasteiger partial charge in [-0.25, -0.2) is 0 Å². The number of para-hydroxylation sites is 2. The van der Waals surface area contributed by atoms with E-state index in [0.717, 1.165) is 0 Å². The van der Waals surface area contributed by atoms with Crippen molar-refractivity contribution in [1.82, 2.24) is 0 Å².